The number of pyridine rings is 1. The highest BCUT2D eigenvalue weighted by atomic mass is 35.5. The number of carboxylic acid groups (broad SMARTS) is 1. The number of nitrogens with one attached hydrogen (secondary N) is 1. The number of anilines is 2. The van der Waals surface area contributed by atoms with E-state index in [1.54, 1.807) is 0 Å². The highest BCUT2D eigenvalue weighted by Gasteiger charge is 2.11. The maximum Gasteiger partial charge on any atom is 0.337 e. The normalized spacial score (nSPS) is 10.4. The quantitative estimate of drug-likeness (QED) is 0.904. The summed E-state index contributed by atoms with van der Waals surface area (Å²) < 4.78 is 0. The minimum atomic E-state index is -1.09. The lowest BCUT2D eigenvalue weighted by Gasteiger charge is -2.03. The van der Waals surface area contributed by atoms with E-state index < -0.39 is 5.97 Å². The van der Waals surface area contributed by atoms with Crippen LogP contribution in [-0.4, -0.2) is 21.0 Å². The summed E-state index contributed by atoms with van der Waals surface area (Å²) in [6.07, 6.45) is 1.31. The van der Waals surface area contributed by atoms with Gasteiger partial charge in [-0.3, -0.25) is 0 Å². The second-order valence-corrected chi connectivity index (χ2v) is 5.25. The zero-order chi connectivity index (χ0) is 13.3. The summed E-state index contributed by atoms with van der Waals surface area (Å²) >= 11 is 7.22. The van der Waals surface area contributed by atoms with E-state index in [2.05, 4.69) is 15.3 Å². The van der Waals surface area contributed by atoms with E-state index in [0.29, 0.717) is 10.9 Å². The van der Waals surface area contributed by atoms with Crippen molar-refractivity contribution in [3.8, 4) is 0 Å². The van der Waals surface area contributed by atoms with Crippen molar-refractivity contribution in [3.05, 3.63) is 33.4 Å². The van der Waals surface area contributed by atoms with Crippen molar-refractivity contribution in [2.45, 2.75) is 13.8 Å². The first-order valence-electron chi connectivity index (χ1n) is 5.07. The second-order valence-electron chi connectivity index (χ2n) is 3.64. The van der Waals surface area contributed by atoms with Crippen LogP contribution in [0.25, 0.3) is 0 Å². The summed E-state index contributed by atoms with van der Waals surface area (Å²) in [6.45, 7) is 3.88. The van der Waals surface area contributed by atoms with E-state index in [0.717, 1.165) is 10.6 Å². The summed E-state index contributed by atoms with van der Waals surface area (Å²) in [5, 5.41) is 12.7. The summed E-state index contributed by atoms with van der Waals surface area (Å²) in [6, 6.07) is 1.39. The number of hydrogen-bond acceptors (Lipinski definition) is 5. The molecule has 0 aliphatic heterocycles. The lowest BCUT2D eigenvalue weighted by Crippen LogP contribution is -2.01. The SMILES string of the molecule is Cc1nc(Nc2cc(C(=O)O)c(Cl)cn2)sc1C. The molecule has 0 radical (unpaired) electrons. The Bertz CT molecular complexity index is 593. The van der Waals surface area contributed by atoms with Crippen LogP contribution in [0.4, 0.5) is 10.9 Å². The van der Waals surface area contributed by atoms with E-state index in [4.69, 9.17) is 16.7 Å². The van der Waals surface area contributed by atoms with Gasteiger partial charge in [0.2, 0.25) is 0 Å². The first kappa shape index (κ1) is 12.8. The molecule has 2 aromatic rings. The molecule has 18 heavy (non-hydrogen) atoms. The average molecular weight is 284 g/mol. The average Bonchev–Trinajstić information content (AvgIpc) is 2.60. The standard InChI is InChI=1S/C11H10ClN3O2S/c1-5-6(2)18-11(14-5)15-9-3-7(10(16)17)8(12)4-13-9/h3-4H,1-2H3,(H,16,17)(H,13,14,15). The fraction of sp³-hybridized carbons (Fsp3) is 0.182. The van der Waals surface area contributed by atoms with Gasteiger partial charge in [-0.05, 0) is 19.9 Å². The minimum Gasteiger partial charge on any atom is -0.478 e. The maximum atomic E-state index is 10.9. The number of aromatic nitrogens is 2. The van der Waals surface area contributed by atoms with Gasteiger partial charge in [0.15, 0.2) is 5.13 Å². The fourth-order valence-corrected chi connectivity index (χ4v) is 2.31. The number of carboxylic acids is 1. The third kappa shape index (κ3) is 2.60. The van der Waals surface area contributed by atoms with E-state index in [-0.39, 0.29) is 10.6 Å². The molecule has 0 saturated carbocycles. The molecular formula is C11H10ClN3O2S. The van der Waals surface area contributed by atoms with Gasteiger partial charge in [0.25, 0.3) is 0 Å². The van der Waals surface area contributed by atoms with Crippen molar-refractivity contribution in [2.24, 2.45) is 0 Å². The number of carbonyl (C=O) groups is 1. The largest absolute Gasteiger partial charge is 0.478 e. The molecule has 0 spiro atoms. The van der Waals surface area contributed by atoms with Gasteiger partial charge in [-0.1, -0.05) is 11.6 Å². The molecule has 0 aliphatic rings. The molecule has 2 N–H and O–H groups in total. The minimum absolute atomic E-state index is 0.0131. The van der Waals surface area contributed by atoms with Gasteiger partial charge in [0, 0.05) is 11.1 Å². The molecule has 0 unspecified atom stereocenters. The zero-order valence-electron chi connectivity index (χ0n) is 9.69. The number of aryl methyl sites for hydroxylation is 2. The molecule has 2 aromatic heterocycles. The van der Waals surface area contributed by atoms with Crippen molar-refractivity contribution in [2.75, 3.05) is 5.32 Å². The Labute approximate surface area is 112 Å². The molecular weight excluding hydrogens is 274 g/mol. The van der Waals surface area contributed by atoms with E-state index in [1.165, 1.54) is 23.6 Å². The molecule has 0 amide bonds. The molecule has 2 heterocycles. The van der Waals surface area contributed by atoms with Crippen molar-refractivity contribution >= 4 is 39.9 Å². The van der Waals surface area contributed by atoms with Gasteiger partial charge < -0.3 is 10.4 Å². The highest BCUT2D eigenvalue weighted by Crippen LogP contribution is 2.25. The van der Waals surface area contributed by atoms with Crippen molar-refractivity contribution in [1.82, 2.24) is 9.97 Å². The smallest absolute Gasteiger partial charge is 0.337 e. The zero-order valence-corrected chi connectivity index (χ0v) is 11.3. The number of halogens is 1. The number of aromatic carboxylic acids is 1. The summed E-state index contributed by atoms with van der Waals surface area (Å²) in [7, 11) is 0. The molecule has 2 rings (SSSR count). The molecule has 0 bridgehead atoms. The van der Waals surface area contributed by atoms with Gasteiger partial charge >= 0.3 is 5.97 Å². The Hall–Kier alpha value is -1.66. The maximum absolute atomic E-state index is 10.9. The van der Waals surface area contributed by atoms with E-state index in [9.17, 15) is 4.79 Å². The van der Waals surface area contributed by atoms with Crippen LogP contribution < -0.4 is 5.32 Å². The van der Waals surface area contributed by atoms with Crippen molar-refractivity contribution in [1.29, 1.82) is 0 Å². The van der Waals surface area contributed by atoms with E-state index in [1.807, 2.05) is 13.8 Å². The number of rotatable bonds is 3. The number of thiazole rings is 1. The number of nitrogens with zero attached hydrogens (tertiary/aromatic N) is 2. The molecule has 7 heteroatoms. The van der Waals surface area contributed by atoms with Crippen LogP contribution in [0.3, 0.4) is 0 Å². The monoisotopic (exact) mass is 283 g/mol. The predicted octanol–water partition coefficient (Wildman–Crippen LogP) is 3.25. The van der Waals surface area contributed by atoms with E-state index >= 15 is 0 Å². The highest BCUT2D eigenvalue weighted by molar-refractivity contribution is 7.15. The van der Waals surface area contributed by atoms with Gasteiger partial charge in [-0.15, -0.1) is 11.3 Å². The van der Waals surface area contributed by atoms with Gasteiger partial charge in [0.05, 0.1) is 16.3 Å². The Morgan fingerprint density at radius 1 is 1.50 bits per heavy atom. The fourth-order valence-electron chi connectivity index (χ4n) is 1.31. The molecule has 0 atom stereocenters. The predicted molar refractivity (Wildman–Crippen MR) is 71.1 cm³/mol. The summed E-state index contributed by atoms with van der Waals surface area (Å²) in [5.41, 5.74) is 0.953. The first-order chi connectivity index (χ1) is 8.47. The third-order valence-corrected chi connectivity index (χ3v) is 3.64. The number of hydrogen-bond donors (Lipinski definition) is 2. The lowest BCUT2D eigenvalue weighted by molar-refractivity contribution is 0.0697. The molecule has 94 valence electrons. The summed E-state index contributed by atoms with van der Waals surface area (Å²) in [5.74, 6) is -0.678. The molecule has 0 fully saturated rings. The second kappa shape index (κ2) is 4.91. The van der Waals surface area contributed by atoms with Crippen LogP contribution in [0.2, 0.25) is 5.02 Å². The topological polar surface area (TPSA) is 75.1 Å². The molecule has 0 aromatic carbocycles. The Morgan fingerprint density at radius 2 is 2.22 bits per heavy atom. The van der Waals surface area contributed by atoms with Crippen LogP contribution in [0.1, 0.15) is 20.9 Å². The molecule has 5 nitrogen and oxygen atoms in total. The van der Waals surface area contributed by atoms with Gasteiger partial charge in [-0.2, -0.15) is 0 Å². The molecule has 0 saturated heterocycles. The summed E-state index contributed by atoms with van der Waals surface area (Å²) in [4.78, 5) is 20.3. The Morgan fingerprint density at radius 3 is 2.78 bits per heavy atom. The Balaban J connectivity index is 2.29. The van der Waals surface area contributed by atoms with Crippen LogP contribution >= 0.6 is 22.9 Å². The first-order valence-corrected chi connectivity index (χ1v) is 6.26. The van der Waals surface area contributed by atoms with Crippen molar-refractivity contribution < 1.29 is 9.90 Å². The van der Waals surface area contributed by atoms with Crippen LogP contribution in [0, 0.1) is 13.8 Å². The lowest BCUT2D eigenvalue weighted by atomic mass is 10.2. The van der Waals surface area contributed by atoms with Crippen LogP contribution in [0.5, 0.6) is 0 Å². The van der Waals surface area contributed by atoms with Crippen LogP contribution in [0.15, 0.2) is 12.3 Å². The van der Waals surface area contributed by atoms with Gasteiger partial charge in [0.1, 0.15) is 5.82 Å². The van der Waals surface area contributed by atoms with Gasteiger partial charge in [-0.25, -0.2) is 14.8 Å². The molecule has 0 aliphatic carbocycles. The van der Waals surface area contributed by atoms with Crippen LogP contribution in [-0.2, 0) is 0 Å². The Kier molecular flexibility index (Phi) is 3.49. The third-order valence-electron chi connectivity index (χ3n) is 2.35. The van der Waals surface area contributed by atoms with Crippen molar-refractivity contribution in [3.63, 3.8) is 0 Å².